The molecule has 23 heteroatoms. The number of imide groups is 1. The number of amides is 8. The number of primary amides is 1. The number of nitrogens with zero attached hydrogens (tertiary/aromatic N) is 3. The van der Waals surface area contributed by atoms with E-state index in [-0.39, 0.29) is 71.8 Å². The molecule has 9 N–H and O–H groups in total. The SMILES string of the molecule is CCN1CCN(C(=O)N[C@@H](C(=O)N[C@@H]2C(=O)N3C(C(=O)O)=C(COC(N)=O)CS[C@H]23)c2ccc(NC(=O)OC[C@@H](N)C(=O)O)cc2)C(=O)C1=O.[NaH]. The number of hydrogen-bond donors (Lipinski definition) is 7. The number of fused-ring (bicyclic) bond motifs is 1. The molecule has 3 aliphatic rings. The van der Waals surface area contributed by atoms with Crippen molar-refractivity contribution >= 4 is 101 Å². The van der Waals surface area contributed by atoms with Crippen LogP contribution in [0.1, 0.15) is 18.5 Å². The summed E-state index contributed by atoms with van der Waals surface area (Å²) in [5.74, 6) is -6.66. The molecule has 8 amide bonds. The molecule has 0 saturated carbocycles. The molecular weight excluding hydrogens is 711 g/mol. The summed E-state index contributed by atoms with van der Waals surface area (Å²) in [5.41, 5.74) is 10.2. The minimum atomic E-state index is -1.59. The fourth-order valence-corrected chi connectivity index (χ4v) is 6.34. The van der Waals surface area contributed by atoms with Gasteiger partial charge in [-0.25, -0.2) is 19.2 Å². The number of carbonyl (C=O) groups is 9. The van der Waals surface area contributed by atoms with E-state index in [0.29, 0.717) is 4.90 Å². The van der Waals surface area contributed by atoms with Crippen LogP contribution in [0.5, 0.6) is 0 Å². The summed E-state index contributed by atoms with van der Waals surface area (Å²) in [5, 5.41) is 24.9. The first kappa shape index (κ1) is 40.5. The van der Waals surface area contributed by atoms with Crippen LogP contribution in [-0.2, 0) is 38.2 Å². The number of nitrogens with one attached hydrogen (secondary N) is 3. The molecule has 0 radical (unpaired) electrons. The van der Waals surface area contributed by atoms with E-state index in [0.717, 1.165) is 16.7 Å². The van der Waals surface area contributed by atoms with Gasteiger partial charge >= 0.3 is 71.5 Å². The molecule has 21 nitrogen and oxygen atoms in total. The van der Waals surface area contributed by atoms with Crippen LogP contribution in [0.3, 0.4) is 0 Å². The van der Waals surface area contributed by atoms with Gasteiger partial charge in [-0.2, -0.15) is 0 Å². The third kappa shape index (κ3) is 9.26. The Morgan fingerprint density at radius 2 is 1.69 bits per heavy atom. The average Bonchev–Trinajstić information content (AvgIpc) is 3.08. The van der Waals surface area contributed by atoms with E-state index in [2.05, 4.69) is 16.0 Å². The average molecular weight is 745 g/mol. The third-order valence-corrected chi connectivity index (χ3v) is 8.94. The number of hydrogen-bond acceptors (Lipinski definition) is 13. The molecule has 0 aromatic heterocycles. The van der Waals surface area contributed by atoms with Crippen molar-refractivity contribution in [3.8, 4) is 0 Å². The fourth-order valence-electron chi connectivity index (χ4n) is 5.01. The summed E-state index contributed by atoms with van der Waals surface area (Å²) >= 11 is 1.07. The van der Waals surface area contributed by atoms with Crippen LogP contribution in [0.15, 0.2) is 35.5 Å². The molecule has 2 fully saturated rings. The Kier molecular flexibility index (Phi) is 13.8. The second-order valence-electron chi connectivity index (χ2n) is 10.8. The Labute approximate surface area is 314 Å². The van der Waals surface area contributed by atoms with Crippen molar-refractivity contribution in [3.63, 3.8) is 0 Å². The summed E-state index contributed by atoms with van der Waals surface area (Å²) in [6.45, 7) is 0.673. The zero-order valence-electron chi connectivity index (χ0n) is 26.2. The van der Waals surface area contributed by atoms with Crippen LogP contribution in [-0.4, -0.2) is 164 Å². The van der Waals surface area contributed by atoms with Crippen molar-refractivity contribution in [1.82, 2.24) is 25.3 Å². The number of benzene rings is 1. The predicted octanol–water partition coefficient (Wildman–Crippen LogP) is -2.73. The molecule has 1 aromatic carbocycles. The van der Waals surface area contributed by atoms with Gasteiger partial charge in [0.1, 0.15) is 42.4 Å². The molecule has 0 unspecified atom stereocenters. The molecule has 2 saturated heterocycles. The number of rotatable bonds is 12. The minimum absolute atomic E-state index is 0. The second kappa shape index (κ2) is 17.4. The van der Waals surface area contributed by atoms with E-state index in [4.69, 9.17) is 26.0 Å². The molecule has 0 spiro atoms. The number of likely N-dealkylation sites (N-methyl/N-ethyl adjacent to an activating group) is 1. The second-order valence-corrected chi connectivity index (χ2v) is 11.9. The number of carboxylic acid groups (broad SMARTS) is 2. The van der Waals surface area contributed by atoms with Gasteiger partial charge in [-0.05, 0) is 24.6 Å². The van der Waals surface area contributed by atoms with Crippen molar-refractivity contribution < 1.29 is 62.8 Å². The molecule has 4 rings (SSSR count). The number of carbonyl (C=O) groups excluding carboxylic acids is 7. The number of ether oxygens (including phenoxy) is 2. The van der Waals surface area contributed by atoms with Crippen molar-refractivity contribution in [1.29, 1.82) is 0 Å². The molecule has 3 heterocycles. The predicted molar refractivity (Wildman–Crippen MR) is 175 cm³/mol. The van der Waals surface area contributed by atoms with E-state index in [1.165, 1.54) is 29.2 Å². The number of aliphatic carboxylic acids is 2. The number of nitrogens with two attached hydrogens (primary N) is 2. The van der Waals surface area contributed by atoms with E-state index in [9.17, 15) is 48.3 Å². The summed E-state index contributed by atoms with van der Waals surface area (Å²) < 4.78 is 9.46. The Bertz CT molecular complexity index is 1660. The number of urea groups is 1. The Morgan fingerprint density at radius 1 is 1.02 bits per heavy atom. The molecule has 1 aromatic rings. The standard InChI is InChI=1S/C28H32N8O13S.Na.H/c1-2-34-7-8-35(22(40)21(34)39)27(46)33-16(12-3-5-14(6-4-12)31-28(47)49-10-15(29)24(41)42)19(37)32-17-20(38)36-18(25(43)44)13(9-48-26(30)45)11-50-23(17)36;;/h3-6,15-17,23H,2,7-11,29H2,1H3,(H2,30,45)(H,31,47)(H,32,37)(H,33,46)(H,41,42)(H,43,44);;/t15-,16-,17-,23-;;/m1../s1. The summed E-state index contributed by atoms with van der Waals surface area (Å²) in [6, 6.07) is -0.161. The third-order valence-electron chi connectivity index (χ3n) is 7.60. The van der Waals surface area contributed by atoms with Gasteiger partial charge in [0.25, 0.3) is 5.91 Å². The van der Waals surface area contributed by atoms with Crippen molar-refractivity contribution in [3.05, 3.63) is 41.1 Å². The van der Waals surface area contributed by atoms with Crippen molar-refractivity contribution in [2.24, 2.45) is 11.5 Å². The van der Waals surface area contributed by atoms with E-state index < -0.39 is 96.2 Å². The summed E-state index contributed by atoms with van der Waals surface area (Å²) in [7, 11) is 0. The van der Waals surface area contributed by atoms with Crippen LogP contribution in [0.4, 0.5) is 20.1 Å². The van der Waals surface area contributed by atoms with Crippen molar-refractivity contribution in [2.45, 2.75) is 30.4 Å². The van der Waals surface area contributed by atoms with Gasteiger partial charge in [-0.15, -0.1) is 11.8 Å². The first-order valence-corrected chi connectivity index (χ1v) is 15.7. The fraction of sp³-hybridized carbons (Fsp3) is 0.393. The molecule has 4 atom stereocenters. The number of β-lactam (4-membered cyclic amide) rings is 1. The topological polar surface area (TPSA) is 310 Å². The van der Waals surface area contributed by atoms with Gasteiger partial charge in [0.15, 0.2) is 0 Å². The quantitative estimate of drug-likeness (QED) is 0.0649. The maximum absolute atomic E-state index is 13.7. The maximum atomic E-state index is 13.7. The Balaban J connectivity index is 0.00000702. The first-order chi connectivity index (χ1) is 23.6. The van der Waals surface area contributed by atoms with Crippen molar-refractivity contribution in [2.75, 3.05) is 43.9 Å². The zero-order chi connectivity index (χ0) is 36.9. The molecule has 3 aliphatic heterocycles. The molecule has 0 aliphatic carbocycles. The van der Waals surface area contributed by atoms with Crippen LogP contribution >= 0.6 is 11.8 Å². The van der Waals surface area contributed by atoms with Gasteiger partial charge in [0, 0.05) is 36.6 Å². The van der Waals surface area contributed by atoms with E-state index in [1.807, 2.05) is 0 Å². The Morgan fingerprint density at radius 3 is 2.27 bits per heavy atom. The summed E-state index contributed by atoms with van der Waals surface area (Å²) in [6.07, 6.45) is -2.19. The van der Waals surface area contributed by atoms with Crippen LogP contribution in [0, 0.1) is 0 Å². The Hall–Kier alpha value is -4.90. The monoisotopic (exact) mass is 744 g/mol. The van der Waals surface area contributed by atoms with Gasteiger partial charge < -0.3 is 46.7 Å². The van der Waals surface area contributed by atoms with E-state index >= 15 is 0 Å². The van der Waals surface area contributed by atoms with Gasteiger partial charge in [0.05, 0.1) is 0 Å². The number of carboxylic acids is 2. The van der Waals surface area contributed by atoms with E-state index in [1.54, 1.807) is 6.92 Å². The van der Waals surface area contributed by atoms with Gasteiger partial charge in [0.2, 0.25) is 5.91 Å². The number of anilines is 1. The van der Waals surface area contributed by atoms with Gasteiger partial charge in [-0.1, -0.05) is 12.1 Å². The molecular formula is C28H33N8NaO13S. The molecule has 51 heavy (non-hydrogen) atoms. The zero-order valence-corrected chi connectivity index (χ0v) is 27.0. The molecule has 270 valence electrons. The summed E-state index contributed by atoms with van der Waals surface area (Å²) in [4.78, 5) is 114. The van der Waals surface area contributed by atoms with Gasteiger partial charge in [-0.3, -0.25) is 39.1 Å². The normalized spacial score (nSPS) is 19.4. The first-order valence-electron chi connectivity index (χ1n) is 14.7. The van der Waals surface area contributed by atoms with Crippen LogP contribution in [0.2, 0.25) is 0 Å². The number of thioether (sulfide) groups is 1. The van der Waals surface area contributed by atoms with Crippen LogP contribution < -0.4 is 27.4 Å². The number of piperazine rings is 1. The molecule has 0 bridgehead atoms. The van der Waals surface area contributed by atoms with Crippen LogP contribution in [0.25, 0.3) is 0 Å².